The Kier molecular flexibility index (Phi) is 3.21. The van der Waals surface area contributed by atoms with Gasteiger partial charge >= 0.3 is 0 Å². The van der Waals surface area contributed by atoms with Crippen LogP contribution in [0.25, 0.3) is 6.08 Å². The van der Waals surface area contributed by atoms with Crippen molar-refractivity contribution >= 4 is 34.4 Å². The summed E-state index contributed by atoms with van der Waals surface area (Å²) in [5.74, 6) is 0. The molecule has 0 bridgehead atoms. The Balaban J connectivity index is 3.17. The van der Waals surface area contributed by atoms with Gasteiger partial charge in [0.1, 0.15) is 0 Å². The lowest BCUT2D eigenvalue weighted by Crippen LogP contribution is -1.89. The highest BCUT2D eigenvalue weighted by Gasteiger charge is 2.08. The second-order valence-electron chi connectivity index (χ2n) is 2.11. The van der Waals surface area contributed by atoms with Gasteiger partial charge in [-0.3, -0.25) is 10.1 Å². The van der Waals surface area contributed by atoms with Gasteiger partial charge in [0, 0.05) is 6.07 Å². The summed E-state index contributed by atoms with van der Waals surface area (Å²) in [5, 5.41) is 10.5. The number of benzene rings is 1. The van der Waals surface area contributed by atoms with Crippen LogP contribution in [0, 0.1) is 10.1 Å². The molecule has 1 aromatic carbocycles. The summed E-state index contributed by atoms with van der Waals surface area (Å²) >= 11 is 2.03. The fourth-order valence-electron chi connectivity index (χ4n) is 0.863. The van der Waals surface area contributed by atoms with E-state index < -0.39 is 0 Å². The van der Waals surface area contributed by atoms with Gasteiger partial charge in [0.2, 0.25) is 0 Å². The molecule has 0 unspecified atom stereocenters. The molecule has 0 N–H and O–H groups in total. The molecule has 4 heteroatoms. The number of para-hydroxylation sites is 1. The molecule has 0 heterocycles. The van der Waals surface area contributed by atoms with Crippen molar-refractivity contribution in [3.05, 3.63) is 44.0 Å². The molecule has 0 spiro atoms. The van der Waals surface area contributed by atoms with Crippen molar-refractivity contribution in [3.8, 4) is 0 Å². The third kappa shape index (κ3) is 2.04. The van der Waals surface area contributed by atoms with Crippen molar-refractivity contribution in [2.45, 2.75) is 0 Å². The average molecular weight is 275 g/mol. The summed E-state index contributed by atoms with van der Waals surface area (Å²) in [5.41, 5.74) is 0.780. The van der Waals surface area contributed by atoms with E-state index in [1.165, 1.54) is 6.07 Å². The molecule has 1 rings (SSSR count). The zero-order chi connectivity index (χ0) is 8.97. The first kappa shape index (κ1) is 9.18. The van der Waals surface area contributed by atoms with Crippen molar-refractivity contribution in [3.63, 3.8) is 0 Å². The molecule has 0 saturated carbocycles. The van der Waals surface area contributed by atoms with E-state index in [-0.39, 0.29) is 10.6 Å². The second kappa shape index (κ2) is 4.20. The van der Waals surface area contributed by atoms with Crippen molar-refractivity contribution in [2.24, 2.45) is 0 Å². The summed E-state index contributed by atoms with van der Waals surface area (Å²) in [4.78, 5) is 10.1. The molecule has 0 aliphatic carbocycles. The first-order chi connectivity index (χ1) is 5.75. The number of rotatable bonds is 2. The van der Waals surface area contributed by atoms with Crippen LogP contribution >= 0.6 is 22.6 Å². The smallest absolute Gasteiger partial charge is 0.258 e. The van der Waals surface area contributed by atoms with E-state index in [0.717, 1.165) is 0 Å². The molecule has 0 amide bonds. The third-order valence-corrected chi connectivity index (χ3v) is 1.74. The van der Waals surface area contributed by atoms with E-state index in [4.69, 9.17) is 0 Å². The molecule has 0 atom stereocenters. The van der Waals surface area contributed by atoms with Gasteiger partial charge in [0.05, 0.1) is 10.5 Å². The fraction of sp³-hybridized carbons (Fsp3) is 0. The highest BCUT2D eigenvalue weighted by atomic mass is 127. The van der Waals surface area contributed by atoms with Crippen LogP contribution in [0.3, 0.4) is 0 Å². The Morgan fingerprint density at radius 2 is 2.08 bits per heavy atom. The summed E-state index contributed by atoms with van der Waals surface area (Å²) < 4.78 is 1.75. The Labute approximate surface area is 83.4 Å². The molecule has 62 valence electrons. The zero-order valence-electron chi connectivity index (χ0n) is 6.11. The number of nitro groups is 1. The van der Waals surface area contributed by atoms with Crippen molar-refractivity contribution in [1.82, 2.24) is 0 Å². The quantitative estimate of drug-likeness (QED) is 0.473. The summed E-state index contributed by atoms with van der Waals surface area (Å²) in [7, 11) is 0. The number of halogens is 1. The molecule has 0 fully saturated rings. The first-order valence-electron chi connectivity index (χ1n) is 3.26. The van der Waals surface area contributed by atoms with Gasteiger partial charge in [-0.1, -0.05) is 34.7 Å². The lowest BCUT2D eigenvalue weighted by atomic mass is 10.2. The summed E-state index contributed by atoms with van der Waals surface area (Å²) in [6.07, 6.45) is 1.71. The Morgan fingerprint density at radius 1 is 1.42 bits per heavy atom. The molecular formula is C8H6INO2. The standard InChI is InChI=1S/C8H6INO2/c9-6-5-7-3-1-2-4-8(7)10(11)12/h1-6H/b6-5-. The normalized spacial score (nSPS) is 10.4. The predicted octanol–water partition coefficient (Wildman–Crippen LogP) is 3.00. The topological polar surface area (TPSA) is 43.1 Å². The van der Waals surface area contributed by atoms with E-state index in [9.17, 15) is 10.1 Å². The van der Waals surface area contributed by atoms with Crippen molar-refractivity contribution in [1.29, 1.82) is 0 Å². The van der Waals surface area contributed by atoms with E-state index in [0.29, 0.717) is 5.56 Å². The fourth-order valence-corrected chi connectivity index (χ4v) is 1.25. The van der Waals surface area contributed by atoms with E-state index in [1.807, 2.05) is 22.6 Å². The molecular weight excluding hydrogens is 269 g/mol. The van der Waals surface area contributed by atoms with Crippen LogP contribution in [-0.4, -0.2) is 4.92 Å². The largest absolute Gasteiger partial charge is 0.276 e. The van der Waals surface area contributed by atoms with Crippen LogP contribution in [0.15, 0.2) is 28.3 Å². The summed E-state index contributed by atoms with van der Waals surface area (Å²) in [6.45, 7) is 0. The van der Waals surface area contributed by atoms with Crippen LogP contribution in [0.1, 0.15) is 5.56 Å². The molecule has 12 heavy (non-hydrogen) atoms. The number of nitro benzene ring substituents is 1. The second-order valence-corrected chi connectivity index (χ2v) is 2.83. The monoisotopic (exact) mass is 275 g/mol. The van der Waals surface area contributed by atoms with E-state index in [2.05, 4.69) is 0 Å². The minimum atomic E-state index is -0.383. The maximum Gasteiger partial charge on any atom is 0.276 e. The lowest BCUT2D eigenvalue weighted by molar-refractivity contribution is -0.385. The van der Waals surface area contributed by atoms with Crippen LogP contribution < -0.4 is 0 Å². The molecule has 3 nitrogen and oxygen atoms in total. The van der Waals surface area contributed by atoms with Crippen LogP contribution in [0.5, 0.6) is 0 Å². The minimum absolute atomic E-state index is 0.144. The molecule has 0 radical (unpaired) electrons. The van der Waals surface area contributed by atoms with Crippen molar-refractivity contribution < 1.29 is 4.92 Å². The van der Waals surface area contributed by atoms with Gasteiger partial charge in [-0.25, -0.2) is 0 Å². The Hall–Kier alpha value is -0.910. The van der Waals surface area contributed by atoms with Crippen LogP contribution in [0.2, 0.25) is 0 Å². The maximum absolute atomic E-state index is 10.5. The molecule has 0 aliphatic heterocycles. The molecule has 0 aromatic heterocycles. The third-order valence-electron chi connectivity index (χ3n) is 1.38. The van der Waals surface area contributed by atoms with E-state index in [1.54, 1.807) is 28.4 Å². The van der Waals surface area contributed by atoms with Crippen LogP contribution in [-0.2, 0) is 0 Å². The predicted molar refractivity (Wildman–Crippen MR) is 56.2 cm³/mol. The van der Waals surface area contributed by atoms with Gasteiger partial charge < -0.3 is 0 Å². The molecule has 0 aliphatic rings. The first-order valence-corrected chi connectivity index (χ1v) is 4.50. The van der Waals surface area contributed by atoms with Crippen molar-refractivity contribution in [2.75, 3.05) is 0 Å². The number of hydrogen-bond donors (Lipinski definition) is 0. The lowest BCUT2D eigenvalue weighted by Gasteiger charge is -1.94. The number of hydrogen-bond acceptors (Lipinski definition) is 2. The van der Waals surface area contributed by atoms with Gasteiger partial charge in [0.15, 0.2) is 0 Å². The molecule has 0 saturated heterocycles. The van der Waals surface area contributed by atoms with Gasteiger partial charge in [-0.05, 0) is 16.2 Å². The molecule has 1 aromatic rings. The number of nitrogens with zero attached hydrogens (tertiary/aromatic N) is 1. The Bertz CT molecular complexity index is 323. The average Bonchev–Trinajstić information content (AvgIpc) is 2.05. The SMILES string of the molecule is O=[N+]([O-])c1ccccc1/C=C\I. The van der Waals surface area contributed by atoms with E-state index >= 15 is 0 Å². The van der Waals surface area contributed by atoms with Crippen LogP contribution in [0.4, 0.5) is 5.69 Å². The highest BCUT2D eigenvalue weighted by molar-refractivity contribution is 14.1. The zero-order valence-corrected chi connectivity index (χ0v) is 8.26. The van der Waals surface area contributed by atoms with Gasteiger partial charge in [-0.2, -0.15) is 0 Å². The Morgan fingerprint density at radius 3 is 2.67 bits per heavy atom. The minimum Gasteiger partial charge on any atom is -0.258 e. The summed E-state index contributed by atoms with van der Waals surface area (Å²) in [6, 6.07) is 6.64. The van der Waals surface area contributed by atoms with Gasteiger partial charge in [-0.15, -0.1) is 0 Å². The van der Waals surface area contributed by atoms with Gasteiger partial charge in [0.25, 0.3) is 5.69 Å². The highest BCUT2D eigenvalue weighted by Crippen LogP contribution is 2.19. The maximum atomic E-state index is 10.5.